The van der Waals surface area contributed by atoms with Gasteiger partial charge in [0, 0.05) is 16.9 Å². The van der Waals surface area contributed by atoms with E-state index in [0.717, 1.165) is 0 Å². The van der Waals surface area contributed by atoms with Crippen molar-refractivity contribution < 1.29 is 17.6 Å². The van der Waals surface area contributed by atoms with Crippen molar-refractivity contribution >= 4 is 27.5 Å². The molecule has 1 aliphatic heterocycles. The summed E-state index contributed by atoms with van der Waals surface area (Å²) in [7, 11) is -2.99. The summed E-state index contributed by atoms with van der Waals surface area (Å²) in [6, 6.07) is 6.21. The zero-order valence-corrected chi connectivity index (χ0v) is 13.3. The number of hydrogen-bond acceptors (Lipinski definition) is 4. The van der Waals surface area contributed by atoms with E-state index in [1.165, 1.54) is 17.8 Å². The Morgan fingerprint density at radius 1 is 1.48 bits per heavy atom. The molecular weight excluding hydrogens is 313 g/mol. The van der Waals surface area contributed by atoms with E-state index in [1.807, 2.05) is 6.92 Å². The summed E-state index contributed by atoms with van der Waals surface area (Å²) in [6.45, 7) is 1.84. The fourth-order valence-corrected chi connectivity index (χ4v) is 4.80. The largest absolute Gasteiger partial charge is 0.352 e. The molecule has 21 heavy (non-hydrogen) atoms. The van der Waals surface area contributed by atoms with Gasteiger partial charge < -0.3 is 5.32 Å². The van der Waals surface area contributed by atoms with Crippen LogP contribution in [0.5, 0.6) is 0 Å². The van der Waals surface area contributed by atoms with Crippen molar-refractivity contribution in [2.45, 2.75) is 24.6 Å². The summed E-state index contributed by atoms with van der Waals surface area (Å²) in [5.41, 5.74) is 0.568. The van der Waals surface area contributed by atoms with Gasteiger partial charge in [0.25, 0.3) is 0 Å². The number of thioether (sulfide) groups is 1. The van der Waals surface area contributed by atoms with Crippen LogP contribution in [0.4, 0.5) is 4.39 Å². The van der Waals surface area contributed by atoms with Crippen molar-refractivity contribution in [2.75, 3.05) is 17.3 Å². The number of carbonyl (C=O) groups is 1. The Kier molecular flexibility index (Phi) is 5.27. The van der Waals surface area contributed by atoms with Crippen LogP contribution in [0.15, 0.2) is 24.3 Å². The second-order valence-corrected chi connectivity index (χ2v) is 8.70. The van der Waals surface area contributed by atoms with Crippen molar-refractivity contribution in [3.05, 3.63) is 35.6 Å². The van der Waals surface area contributed by atoms with E-state index in [0.29, 0.717) is 12.0 Å². The van der Waals surface area contributed by atoms with Crippen molar-refractivity contribution in [3.8, 4) is 0 Å². The van der Waals surface area contributed by atoms with Crippen LogP contribution < -0.4 is 5.32 Å². The first-order chi connectivity index (χ1) is 9.87. The van der Waals surface area contributed by atoms with Gasteiger partial charge in [-0.05, 0) is 19.4 Å². The van der Waals surface area contributed by atoms with Crippen LogP contribution in [0.25, 0.3) is 0 Å². The molecule has 4 nitrogen and oxygen atoms in total. The Balaban J connectivity index is 1.80. The van der Waals surface area contributed by atoms with E-state index in [2.05, 4.69) is 5.32 Å². The van der Waals surface area contributed by atoms with Gasteiger partial charge in [-0.1, -0.05) is 18.2 Å². The van der Waals surface area contributed by atoms with Crippen molar-refractivity contribution in [2.24, 2.45) is 0 Å². The molecule has 1 amide bonds. The number of rotatable bonds is 5. The van der Waals surface area contributed by atoms with Crippen LogP contribution in [0.2, 0.25) is 0 Å². The lowest BCUT2D eigenvalue weighted by molar-refractivity contribution is -0.119. The first-order valence-corrected chi connectivity index (χ1v) is 9.60. The first kappa shape index (κ1) is 16.3. The molecule has 1 N–H and O–H groups in total. The molecule has 116 valence electrons. The Morgan fingerprint density at radius 2 is 2.19 bits per heavy atom. The van der Waals surface area contributed by atoms with E-state index < -0.39 is 9.84 Å². The van der Waals surface area contributed by atoms with Crippen LogP contribution in [-0.2, 0) is 14.6 Å². The number of nitrogens with one attached hydrogen (secondary N) is 1. The third kappa shape index (κ3) is 4.71. The van der Waals surface area contributed by atoms with E-state index >= 15 is 0 Å². The molecule has 2 rings (SSSR count). The van der Waals surface area contributed by atoms with Gasteiger partial charge in [-0.15, -0.1) is 11.8 Å². The van der Waals surface area contributed by atoms with Crippen molar-refractivity contribution in [3.63, 3.8) is 0 Å². The summed E-state index contributed by atoms with van der Waals surface area (Å²) >= 11 is 1.33. The molecule has 0 bridgehead atoms. The second-order valence-electron chi connectivity index (χ2n) is 5.14. The molecule has 0 aromatic heterocycles. The minimum Gasteiger partial charge on any atom is -0.352 e. The van der Waals surface area contributed by atoms with E-state index in [1.54, 1.807) is 18.2 Å². The van der Waals surface area contributed by atoms with Gasteiger partial charge in [-0.25, -0.2) is 12.8 Å². The van der Waals surface area contributed by atoms with Gasteiger partial charge in [-0.2, -0.15) is 0 Å². The van der Waals surface area contributed by atoms with Crippen LogP contribution in [-0.4, -0.2) is 37.6 Å². The lowest BCUT2D eigenvalue weighted by atomic mass is 10.1. The molecule has 0 radical (unpaired) electrons. The molecule has 1 aliphatic rings. The average molecular weight is 331 g/mol. The number of benzene rings is 1. The van der Waals surface area contributed by atoms with E-state index in [-0.39, 0.29) is 40.3 Å². The minimum atomic E-state index is -2.99. The lowest BCUT2D eigenvalue weighted by Crippen LogP contribution is -2.36. The fourth-order valence-electron chi connectivity index (χ4n) is 2.27. The van der Waals surface area contributed by atoms with Gasteiger partial charge in [0.2, 0.25) is 5.91 Å². The van der Waals surface area contributed by atoms with Gasteiger partial charge in [0.1, 0.15) is 5.82 Å². The summed E-state index contributed by atoms with van der Waals surface area (Å²) in [4.78, 5) is 11.8. The SMILES string of the molecule is CC(SCC(=O)NC1CCS(=O)(=O)C1)c1ccccc1F. The Labute approximate surface area is 128 Å². The summed E-state index contributed by atoms with van der Waals surface area (Å²) in [6.07, 6.45) is 0.474. The van der Waals surface area contributed by atoms with E-state index in [4.69, 9.17) is 0 Å². The number of sulfone groups is 1. The van der Waals surface area contributed by atoms with Crippen LogP contribution in [0.3, 0.4) is 0 Å². The number of carbonyl (C=O) groups excluding carboxylic acids is 1. The van der Waals surface area contributed by atoms with Gasteiger partial charge in [-0.3, -0.25) is 4.79 Å². The molecule has 2 atom stereocenters. The van der Waals surface area contributed by atoms with Gasteiger partial charge in [0.05, 0.1) is 17.3 Å². The Bertz CT molecular complexity index is 618. The number of amides is 1. The molecule has 1 saturated heterocycles. The molecule has 1 aromatic rings. The fraction of sp³-hybridized carbons (Fsp3) is 0.500. The second kappa shape index (κ2) is 6.79. The van der Waals surface area contributed by atoms with Crippen molar-refractivity contribution in [1.82, 2.24) is 5.32 Å². The first-order valence-electron chi connectivity index (χ1n) is 6.73. The molecule has 1 fully saturated rings. The Morgan fingerprint density at radius 3 is 2.81 bits per heavy atom. The maximum atomic E-state index is 13.6. The number of hydrogen-bond donors (Lipinski definition) is 1. The van der Waals surface area contributed by atoms with Crippen LogP contribution >= 0.6 is 11.8 Å². The average Bonchev–Trinajstić information content (AvgIpc) is 2.75. The summed E-state index contributed by atoms with van der Waals surface area (Å²) in [5.74, 6) is -0.139. The molecule has 1 heterocycles. The standard InChI is InChI=1S/C14H18FNO3S2/c1-10(12-4-2-3-5-13(12)15)20-8-14(17)16-11-6-7-21(18,19)9-11/h2-5,10-11H,6-9H2,1H3,(H,16,17). The predicted molar refractivity (Wildman–Crippen MR) is 82.5 cm³/mol. The highest BCUT2D eigenvalue weighted by atomic mass is 32.2. The van der Waals surface area contributed by atoms with Crippen LogP contribution in [0.1, 0.15) is 24.2 Å². The topological polar surface area (TPSA) is 63.2 Å². The lowest BCUT2D eigenvalue weighted by Gasteiger charge is -2.14. The predicted octanol–water partition coefficient (Wildman–Crippen LogP) is 1.92. The maximum absolute atomic E-state index is 13.6. The monoisotopic (exact) mass is 331 g/mol. The quantitative estimate of drug-likeness (QED) is 0.895. The molecule has 7 heteroatoms. The molecule has 2 unspecified atom stereocenters. The highest BCUT2D eigenvalue weighted by molar-refractivity contribution is 8.00. The Hall–Kier alpha value is -1.08. The van der Waals surface area contributed by atoms with E-state index in [9.17, 15) is 17.6 Å². The summed E-state index contributed by atoms with van der Waals surface area (Å²) < 4.78 is 36.2. The maximum Gasteiger partial charge on any atom is 0.230 e. The minimum absolute atomic E-state index is 0.0201. The normalized spacial score (nSPS) is 21.9. The smallest absolute Gasteiger partial charge is 0.230 e. The molecule has 0 aliphatic carbocycles. The number of halogens is 1. The zero-order valence-electron chi connectivity index (χ0n) is 11.7. The van der Waals surface area contributed by atoms with Gasteiger partial charge >= 0.3 is 0 Å². The molecular formula is C14H18FNO3S2. The van der Waals surface area contributed by atoms with Gasteiger partial charge in [0.15, 0.2) is 9.84 Å². The van der Waals surface area contributed by atoms with Crippen LogP contribution in [0, 0.1) is 5.82 Å². The highest BCUT2D eigenvalue weighted by Gasteiger charge is 2.28. The third-order valence-electron chi connectivity index (χ3n) is 3.41. The zero-order chi connectivity index (χ0) is 15.5. The molecule has 1 aromatic carbocycles. The molecule has 0 saturated carbocycles. The summed E-state index contributed by atoms with van der Waals surface area (Å²) in [5, 5.41) is 2.59. The highest BCUT2D eigenvalue weighted by Crippen LogP contribution is 2.29. The third-order valence-corrected chi connectivity index (χ3v) is 6.36. The van der Waals surface area contributed by atoms with Crippen molar-refractivity contribution in [1.29, 1.82) is 0 Å². The molecule has 0 spiro atoms.